The maximum atomic E-state index is 14.2. The summed E-state index contributed by atoms with van der Waals surface area (Å²) in [6.45, 7) is 1.16. The molecule has 13 heteroatoms. The van der Waals surface area contributed by atoms with Gasteiger partial charge in [-0.05, 0) is 36.8 Å². The number of carbonyl (C=O) groups is 1. The Hall–Kier alpha value is -5.35. The number of carboxylic acid groups (broad SMARTS) is 1. The van der Waals surface area contributed by atoms with E-state index in [1.165, 1.54) is 22.9 Å². The number of fused-ring (bicyclic) bond motifs is 1. The topological polar surface area (TPSA) is 150 Å². The summed E-state index contributed by atoms with van der Waals surface area (Å²) in [6.07, 6.45) is 2.56. The van der Waals surface area contributed by atoms with Crippen LogP contribution < -0.4 is 9.47 Å². The summed E-state index contributed by atoms with van der Waals surface area (Å²) in [5, 5.41) is 22.7. The van der Waals surface area contributed by atoms with Crippen molar-refractivity contribution < 1.29 is 28.5 Å². The Kier molecular flexibility index (Phi) is 6.97. The van der Waals surface area contributed by atoms with Gasteiger partial charge >= 0.3 is 5.97 Å². The molecule has 0 saturated carbocycles. The number of nitrogens with zero attached hydrogens (tertiary/aromatic N) is 7. The highest BCUT2D eigenvalue weighted by Crippen LogP contribution is 2.22. The van der Waals surface area contributed by atoms with Gasteiger partial charge in [0.15, 0.2) is 17.2 Å². The second-order valence-electron chi connectivity index (χ2n) is 9.19. The van der Waals surface area contributed by atoms with Gasteiger partial charge in [-0.15, -0.1) is 5.10 Å². The van der Waals surface area contributed by atoms with Crippen molar-refractivity contribution >= 4 is 17.1 Å². The molecule has 1 N–H and O–H groups in total. The van der Waals surface area contributed by atoms with Crippen LogP contribution in [-0.4, -0.2) is 53.1 Å². The number of hydrogen-bond donors (Lipinski definition) is 1. The Morgan fingerprint density at radius 1 is 1.10 bits per heavy atom. The van der Waals surface area contributed by atoms with E-state index in [4.69, 9.17) is 19.5 Å². The van der Waals surface area contributed by atoms with Crippen LogP contribution in [-0.2, 0) is 24.5 Å². The Labute approximate surface area is 232 Å². The van der Waals surface area contributed by atoms with Crippen LogP contribution >= 0.6 is 0 Å². The van der Waals surface area contributed by atoms with Gasteiger partial charge in [0.05, 0.1) is 24.3 Å². The molecule has 1 aliphatic heterocycles. The number of rotatable bonds is 10. The van der Waals surface area contributed by atoms with E-state index >= 15 is 0 Å². The van der Waals surface area contributed by atoms with Crippen molar-refractivity contribution in [3.05, 3.63) is 89.3 Å². The minimum Gasteiger partial charge on any atom is -0.477 e. The predicted molar refractivity (Wildman–Crippen MR) is 140 cm³/mol. The first-order valence-corrected chi connectivity index (χ1v) is 12.6. The molecule has 4 aromatic heterocycles. The second-order valence-corrected chi connectivity index (χ2v) is 9.19. The minimum atomic E-state index is -1.12. The van der Waals surface area contributed by atoms with Gasteiger partial charge in [-0.3, -0.25) is 0 Å². The average Bonchev–Trinajstić information content (AvgIpc) is 3.57. The van der Waals surface area contributed by atoms with E-state index in [-0.39, 0.29) is 36.5 Å². The number of imidazole rings is 1. The standard InChI is InChI=1S/C28H22FN7O5/c29-20-12-17(13-30)4-5-18(20)15-40-25-3-1-2-23(33-25)36-10-8-26(34-36)41-16-24-31-21-6-7-22(28(37)38)32-27(21)35(24)14-19-9-11-39-19/h1-8,10,12,19H,9,11,14-16H2,(H,37,38). The van der Waals surface area contributed by atoms with E-state index in [9.17, 15) is 14.3 Å². The third kappa shape index (κ3) is 5.54. The lowest BCUT2D eigenvalue weighted by molar-refractivity contribution is -0.0593. The fraction of sp³-hybridized carbons (Fsp3) is 0.214. The van der Waals surface area contributed by atoms with Crippen LogP contribution in [0.25, 0.3) is 17.0 Å². The van der Waals surface area contributed by atoms with Crippen molar-refractivity contribution in [3.63, 3.8) is 0 Å². The highest BCUT2D eigenvalue weighted by Gasteiger charge is 2.23. The fourth-order valence-electron chi connectivity index (χ4n) is 4.25. The lowest BCUT2D eigenvalue weighted by Crippen LogP contribution is -2.32. The number of pyridine rings is 2. The predicted octanol–water partition coefficient (Wildman–Crippen LogP) is 3.67. The van der Waals surface area contributed by atoms with Crippen LogP contribution in [0, 0.1) is 17.1 Å². The molecule has 0 bridgehead atoms. The molecule has 41 heavy (non-hydrogen) atoms. The van der Waals surface area contributed by atoms with Gasteiger partial charge in [0.25, 0.3) is 0 Å². The lowest BCUT2D eigenvalue weighted by atomic mass is 10.1. The number of hydrogen-bond acceptors (Lipinski definition) is 9. The summed E-state index contributed by atoms with van der Waals surface area (Å²) < 4.78 is 34.7. The van der Waals surface area contributed by atoms with E-state index in [0.29, 0.717) is 47.4 Å². The zero-order valence-corrected chi connectivity index (χ0v) is 21.5. The Morgan fingerprint density at radius 3 is 2.71 bits per heavy atom. The van der Waals surface area contributed by atoms with E-state index in [2.05, 4.69) is 20.1 Å². The highest BCUT2D eigenvalue weighted by atomic mass is 19.1. The SMILES string of the molecule is N#Cc1ccc(COc2cccc(-n3ccc(OCc4nc5ccc(C(=O)O)nc5n4CC4CCO4)n3)n2)c(F)c1. The van der Waals surface area contributed by atoms with Crippen molar-refractivity contribution in [2.24, 2.45) is 0 Å². The van der Waals surface area contributed by atoms with Gasteiger partial charge in [0.1, 0.15) is 30.4 Å². The molecule has 1 unspecified atom stereocenters. The molecule has 0 radical (unpaired) electrons. The summed E-state index contributed by atoms with van der Waals surface area (Å²) in [7, 11) is 0. The number of halogens is 1. The van der Waals surface area contributed by atoms with Crippen LogP contribution in [0.15, 0.2) is 60.8 Å². The Bertz CT molecular complexity index is 1790. The first kappa shape index (κ1) is 25.9. The fourth-order valence-corrected chi connectivity index (χ4v) is 4.25. The van der Waals surface area contributed by atoms with Gasteiger partial charge < -0.3 is 23.9 Å². The number of ether oxygens (including phenoxy) is 3. The molecule has 6 rings (SSSR count). The number of nitriles is 1. The molecule has 12 nitrogen and oxygen atoms in total. The summed E-state index contributed by atoms with van der Waals surface area (Å²) in [6, 6.07) is 15.9. The summed E-state index contributed by atoms with van der Waals surface area (Å²) >= 11 is 0. The van der Waals surface area contributed by atoms with Gasteiger partial charge in [0, 0.05) is 30.5 Å². The van der Waals surface area contributed by atoms with E-state index in [1.807, 2.05) is 10.6 Å². The summed E-state index contributed by atoms with van der Waals surface area (Å²) in [5.74, 6) is -0.0470. The van der Waals surface area contributed by atoms with E-state index in [0.717, 1.165) is 12.5 Å². The maximum absolute atomic E-state index is 14.2. The Balaban J connectivity index is 1.16. The first-order chi connectivity index (χ1) is 20.0. The quantitative estimate of drug-likeness (QED) is 0.270. The average molecular weight is 556 g/mol. The van der Waals surface area contributed by atoms with Crippen LogP contribution in [0.1, 0.15) is 33.9 Å². The largest absolute Gasteiger partial charge is 0.477 e. The van der Waals surface area contributed by atoms with Crippen molar-refractivity contribution in [1.82, 2.24) is 29.3 Å². The monoisotopic (exact) mass is 555 g/mol. The van der Waals surface area contributed by atoms with Crippen molar-refractivity contribution in [3.8, 4) is 23.6 Å². The third-order valence-corrected chi connectivity index (χ3v) is 6.49. The Morgan fingerprint density at radius 2 is 1.95 bits per heavy atom. The molecule has 5 aromatic rings. The van der Waals surface area contributed by atoms with Crippen LogP contribution in [0.2, 0.25) is 0 Å². The number of aromatic nitrogens is 6. The molecule has 1 aromatic carbocycles. The van der Waals surface area contributed by atoms with Crippen LogP contribution in [0.5, 0.6) is 11.8 Å². The lowest BCUT2D eigenvalue weighted by Gasteiger charge is -2.27. The third-order valence-electron chi connectivity index (χ3n) is 6.49. The van der Waals surface area contributed by atoms with E-state index < -0.39 is 11.8 Å². The number of carboxylic acids is 1. The molecule has 0 spiro atoms. The van der Waals surface area contributed by atoms with Crippen LogP contribution in [0.4, 0.5) is 4.39 Å². The maximum Gasteiger partial charge on any atom is 0.354 e. The summed E-state index contributed by atoms with van der Waals surface area (Å²) in [4.78, 5) is 24.8. The van der Waals surface area contributed by atoms with Gasteiger partial charge in [0.2, 0.25) is 11.8 Å². The second kappa shape index (κ2) is 11.0. The molecule has 0 amide bonds. The van der Waals surface area contributed by atoms with Crippen molar-refractivity contribution in [2.45, 2.75) is 32.3 Å². The molecule has 206 valence electrons. The smallest absolute Gasteiger partial charge is 0.354 e. The van der Waals surface area contributed by atoms with Crippen molar-refractivity contribution in [2.75, 3.05) is 6.61 Å². The molecular weight excluding hydrogens is 533 g/mol. The molecule has 1 fully saturated rings. The number of benzene rings is 1. The zero-order chi connectivity index (χ0) is 28.3. The molecule has 1 aliphatic rings. The van der Waals surface area contributed by atoms with E-state index in [1.54, 1.807) is 36.5 Å². The normalized spacial score (nSPS) is 14.4. The van der Waals surface area contributed by atoms with Crippen LogP contribution in [0.3, 0.4) is 0 Å². The zero-order valence-electron chi connectivity index (χ0n) is 21.5. The molecule has 5 heterocycles. The van der Waals surface area contributed by atoms with Gasteiger partial charge in [-0.25, -0.2) is 23.8 Å². The highest BCUT2D eigenvalue weighted by molar-refractivity contribution is 5.88. The van der Waals surface area contributed by atoms with Gasteiger partial charge in [-0.2, -0.15) is 10.2 Å². The molecule has 0 aliphatic carbocycles. The molecule has 1 saturated heterocycles. The molecular formula is C28H22FN7O5. The summed E-state index contributed by atoms with van der Waals surface area (Å²) in [5.41, 5.74) is 1.47. The number of aromatic carboxylic acids is 1. The van der Waals surface area contributed by atoms with Crippen molar-refractivity contribution in [1.29, 1.82) is 5.26 Å². The van der Waals surface area contributed by atoms with Gasteiger partial charge in [-0.1, -0.05) is 12.1 Å². The first-order valence-electron chi connectivity index (χ1n) is 12.6. The molecule has 1 atom stereocenters. The minimum absolute atomic E-state index is 0.00498.